The van der Waals surface area contributed by atoms with E-state index in [0.717, 1.165) is 0 Å². The molecule has 0 heterocycles. The summed E-state index contributed by atoms with van der Waals surface area (Å²) in [6, 6.07) is 14.1. The average Bonchev–Trinajstić information content (AvgIpc) is 2.45. The van der Waals surface area contributed by atoms with Crippen LogP contribution in [0.2, 0.25) is 5.02 Å². The molecule has 0 amide bonds. The highest BCUT2D eigenvalue weighted by molar-refractivity contribution is 6.34. The summed E-state index contributed by atoms with van der Waals surface area (Å²) < 4.78 is 0. The molecule has 0 atom stereocenters. The number of carbonyl (C=O) groups excluding carboxylic acids is 2. The fraction of sp³-hybridized carbons (Fsp3) is 0.125. The lowest BCUT2D eigenvalue weighted by Gasteiger charge is -2.08. The van der Waals surface area contributed by atoms with Gasteiger partial charge in [0.05, 0.1) is 11.6 Å². The van der Waals surface area contributed by atoms with Gasteiger partial charge in [0.1, 0.15) is 0 Å². The quantitative estimate of drug-likeness (QED) is 0.850. The third-order valence-electron chi connectivity index (χ3n) is 2.90. The van der Waals surface area contributed by atoms with Gasteiger partial charge in [0.2, 0.25) is 0 Å². The zero-order valence-corrected chi connectivity index (χ0v) is 11.8. The predicted molar refractivity (Wildman–Crippen MR) is 80.7 cm³/mol. The van der Waals surface area contributed by atoms with Gasteiger partial charge in [-0.2, -0.15) is 0 Å². The molecule has 2 aromatic carbocycles. The summed E-state index contributed by atoms with van der Waals surface area (Å²) in [5, 5.41) is 3.39. The first kappa shape index (κ1) is 14.3. The van der Waals surface area contributed by atoms with E-state index < -0.39 is 0 Å². The lowest BCUT2D eigenvalue weighted by atomic mass is 10.1. The maximum Gasteiger partial charge on any atom is 0.181 e. The molecular weight excluding hydrogens is 274 g/mol. The van der Waals surface area contributed by atoms with Gasteiger partial charge in [-0.05, 0) is 25.1 Å². The minimum absolute atomic E-state index is 0.00244. The Balaban J connectivity index is 2.03. The van der Waals surface area contributed by atoms with Gasteiger partial charge in [0, 0.05) is 16.8 Å². The minimum atomic E-state index is -0.0816. The molecule has 0 spiro atoms. The van der Waals surface area contributed by atoms with Crippen molar-refractivity contribution in [3.05, 3.63) is 64.7 Å². The molecule has 0 aliphatic rings. The minimum Gasteiger partial charge on any atom is -0.378 e. The van der Waals surface area contributed by atoms with Crippen LogP contribution >= 0.6 is 11.6 Å². The van der Waals surface area contributed by atoms with Crippen molar-refractivity contribution >= 4 is 28.9 Å². The molecule has 0 unspecified atom stereocenters. The summed E-state index contributed by atoms with van der Waals surface area (Å²) in [7, 11) is 0. The van der Waals surface area contributed by atoms with Crippen LogP contribution in [0.1, 0.15) is 27.6 Å². The number of anilines is 1. The normalized spacial score (nSPS) is 10.1. The highest BCUT2D eigenvalue weighted by Crippen LogP contribution is 2.21. The lowest BCUT2D eigenvalue weighted by molar-refractivity contribution is 0.100. The first-order valence-electron chi connectivity index (χ1n) is 6.20. The van der Waals surface area contributed by atoms with Crippen molar-refractivity contribution in [3.63, 3.8) is 0 Å². The monoisotopic (exact) mass is 287 g/mol. The number of carbonyl (C=O) groups is 2. The highest BCUT2D eigenvalue weighted by Gasteiger charge is 2.08. The molecule has 0 aliphatic heterocycles. The number of nitrogens with one attached hydrogen (secondary N) is 1. The number of benzene rings is 2. The molecule has 102 valence electrons. The van der Waals surface area contributed by atoms with Crippen LogP contribution in [0.5, 0.6) is 0 Å². The molecule has 3 nitrogen and oxygen atoms in total. The highest BCUT2D eigenvalue weighted by atomic mass is 35.5. The van der Waals surface area contributed by atoms with Crippen LogP contribution in [0.15, 0.2) is 48.5 Å². The Bertz CT molecular complexity index is 638. The Labute approximate surface area is 122 Å². The van der Waals surface area contributed by atoms with Crippen molar-refractivity contribution in [2.24, 2.45) is 0 Å². The SMILES string of the molecule is CC(=O)c1ccc(NCC(=O)c2ccccc2)cc1Cl. The molecule has 2 rings (SSSR count). The summed E-state index contributed by atoms with van der Waals surface area (Å²) in [5.74, 6) is -0.0840. The van der Waals surface area contributed by atoms with Crippen LogP contribution in [0.25, 0.3) is 0 Å². The van der Waals surface area contributed by atoms with E-state index in [1.807, 2.05) is 18.2 Å². The summed E-state index contributed by atoms with van der Waals surface area (Å²) in [5.41, 5.74) is 1.85. The molecule has 0 aromatic heterocycles. The largest absolute Gasteiger partial charge is 0.378 e. The van der Waals surface area contributed by atoms with Crippen molar-refractivity contribution in [1.82, 2.24) is 0 Å². The Kier molecular flexibility index (Phi) is 4.53. The summed E-state index contributed by atoms with van der Waals surface area (Å²) >= 11 is 6.01. The average molecular weight is 288 g/mol. The molecule has 0 saturated heterocycles. The van der Waals surface area contributed by atoms with Gasteiger partial charge in [0.25, 0.3) is 0 Å². The lowest BCUT2D eigenvalue weighted by Crippen LogP contribution is -2.14. The Morgan fingerprint density at radius 3 is 2.40 bits per heavy atom. The van der Waals surface area contributed by atoms with E-state index in [1.54, 1.807) is 30.3 Å². The van der Waals surface area contributed by atoms with Crippen molar-refractivity contribution in [2.45, 2.75) is 6.92 Å². The van der Waals surface area contributed by atoms with Gasteiger partial charge in [-0.25, -0.2) is 0 Å². The zero-order valence-electron chi connectivity index (χ0n) is 11.0. The van der Waals surface area contributed by atoms with Crippen LogP contribution in [-0.4, -0.2) is 18.1 Å². The second kappa shape index (κ2) is 6.35. The van der Waals surface area contributed by atoms with Crippen molar-refractivity contribution in [1.29, 1.82) is 0 Å². The standard InChI is InChI=1S/C16H14ClNO2/c1-11(19)14-8-7-13(9-15(14)17)18-10-16(20)12-5-3-2-4-6-12/h2-9,18H,10H2,1H3. The Hall–Kier alpha value is -2.13. The number of Topliss-reactive ketones (excluding diaryl/α,β-unsaturated/α-hetero) is 2. The van der Waals surface area contributed by atoms with Gasteiger partial charge in [0.15, 0.2) is 11.6 Å². The van der Waals surface area contributed by atoms with Crippen LogP contribution in [0.3, 0.4) is 0 Å². The number of hydrogen-bond acceptors (Lipinski definition) is 3. The fourth-order valence-corrected chi connectivity index (χ4v) is 2.13. The predicted octanol–water partition coefficient (Wildman–Crippen LogP) is 3.84. The van der Waals surface area contributed by atoms with Gasteiger partial charge in [-0.3, -0.25) is 9.59 Å². The summed E-state index contributed by atoms with van der Waals surface area (Å²) in [4.78, 5) is 23.2. The van der Waals surface area contributed by atoms with Crippen LogP contribution in [-0.2, 0) is 0 Å². The fourth-order valence-electron chi connectivity index (χ4n) is 1.82. The van der Waals surface area contributed by atoms with Crippen LogP contribution in [0, 0.1) is 0 Å². The van der Waals surface area contributed by atoms with E-state index in [-0.39, 0.29) is 18.1 Å². The Morgan fingerprint density at radius 2 is 1.80 bits per heavy atom. The molecule has 4 heteroatoms. The van der Waals surface area contributed by atoms with E-state index in [1.165, 1.54) is 6.92 Å². The number of halogens is 1. The molecule has 20 heavy (non-hydrogen) atoms. The maximum atomic E-state index is 11.9. The molecule has 0 radical (unpaired) electrons. The zero-order chi connectivity index (χ0) is 14.5. The number of ketones is 2. The van der Waals surface area contributed by atoms with Crippen molar-refractivity contribution in [2.75, 3.05) is 11.9 Å². The summed E-state index contributed by atoms with van der Waals surface area (Å²) in [6.45, 7) is 1.65. The third kappa shape index (κ3) is 3.45. The van der Waals surface area contributed by atoms with Crippen molar-refractivity contribution in [3.8, 4) is 0 Å². The van der Waals surface area contributed by atoms with Crippen LogP contribution in [0.4, 0.5) is 5.69 Å². The van der Waals surface area contributed by atoms with Crippen molar-refractivity contribution < 1.29 is 9.59 Å². The first-order chi connectivity index (χ1) is 9.58. The molecule has 1 N–H and O–H groups in total. The molecule has 0 bridgehead atoms. The van der Waals surface area contributed by atoms with E-state index >= 15 is 0 Å². The molecular formula is C16H14ClNO2. The number of hydrogen-bond donors (Lipinski definition) is 1. The molecule has 0 saturated carbocycles. The second-order valence-corrected chi connectivity index (χ2v) is 4.80. The molecule has 2 aromatic rings. The van der Waals surface area contributed by atoms with Gasteiger partial charge in [-0.15, -0.1) is 0 Å². The first-order valence-corrected chi connectivity index (χ1v) is 6.58. The van der Waals surface area contributed by atoms with Gasteiger partial charge < -0.3 is 5.32 Å². The second-order valence-electron chi connectivity index (χ2n) is 4.39. The van der Waals surface area contributed by atoms with E-state index in [2.05, 4.69) is 5.32 Å². The van der Waals surface area contributed by atoms with Gasteiger partial charge in [-0.1, -0.05) is 41.9 Å². The number of rotatable bonds is 5. The topological polar surface area (TPSA) is 46.2 Å². The smallest absolute Gasteiger partial charge is 0.181 e. The third-order valence-corrected chi connectivity index (χ3v) is 3.21. The maximum absolute atomic E-state index is 11.9. The van der Waals surface area contributed by atoms with Gasteiger partial charge >= 0.3 is 0 Å². The van der Waals surface area contributed by atoms with E-state index in [4.69, 9.17) is 11.6 Å². The Morgan fingerprint density at radius 1 is 1.10 bits per heavy atom. The van der Waals surface area contributed by atoms with E-state index in [9.17, 15) is 9.59 Å². The van der Waals surface area contributed by atoms with Crippen LogP contribution < -0.4 is 5.32 Å². The molecule has 0 aliphatic carbocycles. The summed E-state index contributed by atoms with van der Waals surface area (Å²) in [6.07, 6.45) is 0. The van der Waals surface area contributed by atoms with E-state index in [0.29, 0.717) is 21.8 Å². The molecule has 0 fully saturated rings.